The zero-order chi connectivity index (χ0) is 25.7. The van der Waals surface area contributed by atoms with Gasteiger partial charge in [-0.25, -0.2) is 4.68 Å². The first-order chi connectivity index (χ1) is 17.4. The van der Waals surface area contributed by atoms with E-state index in [0.717, 1.165) is 31.2 Å². The summed E-state index contributed by atoms with van der Waals surface area (Å²) in [5.74, 6) is 5.23. The number of likely N-dealkylation sites (tertiary alicyclic amines) is 1. The lowest BCUT2D eigenvalue weighted by molar-refractivity contribution is -0.125. The first kappa shape index (κ1) is 25.3. The second-order valence-corrected chi connectivity index (χ2v) is 9.23. The molecule has 1 aliphatic heterocycles. The molecule has 2 aromatic heterocycles. The van der Waals surface area contributed by atoms with Crippen LogP contribution in [0.25, 0.3) is 11.3 Å². The molecule has 0 spiro atoms. The van der Waals surface area contributed by atoms with Crippen LogP contribution in [0.3, 0.4) is 0 Å². The van der Waals surface area contributed by atoms with Crippen molar-refractivity contribution in [3.63, 3.8) is 0 Å². The van der Waals surface area contributed by atoms with Crippen molar-refractivity contribution in [2.24, 2.45) is 5.73 Å². The number of aromatic nitrogens is 4. The van der Waals surface area contributed by atoms with E-state index in [9.17, 15) is 9.59 Å². The number of halogens is 1. The van der Waals surface area contributed by atoms with E-state index in [4.69, 9.17) is 22.4 Å². The molecule has 0 saturated carbocycles. The molecule has 10 heteroatoms. The van der Waals surface area contributed by atoms with Gasteiger partial charge in [0.2, 0.25) is 0 Å². The summed E-state index contributed by atoms with van der Waals surface area (Å²) in [6, 6.07) is 7.66. The van der Waals surface area contributed by atoms with Crippen LogP contribution >= 0.6 is 11.6 Å². The van der Waals surface area contributed by atoms with Crippen molar-refractivity contribution in [1.82, 2.24) is 24.5 Å². The third kappa shape index (κ3) is 5.55. The van der Waals surface area contributed by atoms with Crippen molar-refractivity contribution in [2.75, 3.05) is 25.5 Å². The maximum absolute atomic E-state index is 12.5. The minimum atomic E-state index is -0.552. The molecule has 9 nitrogen and oxygen atoms in total. The van der Waals surface area contributed by atoms with Gasteiger partial charge in [0.15, 0.2) is 0 Å². The Morgan fingerprint density at radius 2 is 2.00 bits per heavy atom. The lowest BCUT2D eigenvalue weighted by Crippen LogP contribution is -2.34. The fraction of sp³-hybridized carbons (Fsp3) is 0.385. The van der Waals surface area contributed by atoms with E-state index in [0.29, 0.717) is 47.3 Å². The molecular formula is C26H30ClN7O2. The molecule has 188 valence electrons. The van der Waals surface area contributed by atoms with Gasteiger partial charge >= 0.3 is 0 Å². The molecule has 1 aromatic carbocycles. The van der Waals surface area contributed by atoms with Crippen LogP contribution in [0.2, 0.25) is 5.02 Å². The van der Waals surface area contributed by atoms with Gasteiger partial charge in [-0.3, -0.25) is 14.3 Å². The van der Waals surface area contributed by atoms with Gasteiger partial charge in [-0.2, -0.15) is 10.2 Å². The standard InChI is InChI=1S/C26H30ClN7O2/c1-3-7-22(35)32-12-5-10-21(11-6-13-32)34-26(29-2)23(25(28)36)24(31-34)19-15-30-33(17-19)16-18-8-4-9-20(27)14-18/h4,8-9,14-15,17,21,29H,5-6,10-13,16H2,1-2H3,(H2,28,36). The minimum Gasteiger partial charge on any atom is -0.373 e. The number of nitrogens with one attached hydrogen (secondary N) is 1. The van der Waals surface area contributed by atoms with Crippen molar-refractivity contribution in [3.8, 4) is 23.1 Å². The average molecular weight is 508 g/mol. The Kier molecular flexibility index (Phi) is 7.96. The van der Waals surface area contributed by atoms with Gasteiger partial charge in [0.1, 0.15) is 17.1 Å². The third-order valence-electron chi connectivity index (χ3n) is 6.33. The lowest BCUT2D eigenvalue weighted by Gasteiger charge is -2.27. The largest absolute Gasteiger partial charge is 0.373 e. The predicted octanol–water partition coefficient (Wildman–Crippen LogP) is 3.56. The predicted molar refractivity (Wildman–Crippen MR) is 140 cm³/mol. The van der Waals surface area contributed by atoms with Gasteiger partial charge in [0, 0.05) is 36.9 Å². The van der Waals surface area contributed by atoms with E-state index in [1.54, 1.807) is 24.9 Å². The number of benzene rings is 1. The number of rotatable bonds is 6. The lowest BCUT2D eigenvalue weighted by atomic mass is 10.0. The monoisotopic (exact) mass is 507 g/mol. The van der Waals surface area contributed by atoms with E-state index >= 15 is 0 Å². The van der Waals surface area contributed by atoms with Crippen molar-refractivity contribution in [2.45, 2.75) is 45.2 Å². The minimum absolute atomic E-state index is 0.0651. The molecule has 36 heavy (non-hydrogen) atoms. The molecule has 0 bridgehead atoms. The summed E-state index contributed by atoms with van der Waals surface area (Å²) in [5, 5.41) is 13.1. The zero-order valence-corrected chi connectivity index (χ0v) is 21.3. The highest BCUT2D eigenvalue weighted by molar-refractivity contribution is 6.30. The average Bonchev–Trinajstić information content (AvgIpc) is 3.43. The molecule has 0 unspecified atom stereocenters. The molecule has 4 rings (SSSR count). The Balaban J connectivity index is 1.60. The molecule has 0 radical (unpaired) electrons. The summed E-state index contributed by atoms with van der Waals surface area (Å²) in [6.07, 6.45) is 6.79. The molecule has 0 atom stereocenters. The number of carbonyl (C=O) groups excluding carboxylic acids is 2. The molecule has 3 heterocycles. The van der Waals surface area contributed by atoms with Gasteiger partial charge < -0.3 is 16.0 Å². The number of hydrogen-bond acceptors (Lipinski definition) is 5. The Labute approximate surface area is 215 Å². The molecule has 3 aromatic rings. The number of carbonyl (C=O) groups is 2. The van der Waals surface area contributed by atoms with E-state index in [-0.39, 0.29) is 11.9 Å². The van der Waals surface area contributed by atoms with E-state index < -0.39 is 5.91 Å². The van der Waals surface area contributed by atoms with Gasteiger partial charge in [-0.05, 0) is 56.2 Å². The van der Waals surface area contributed by atoms with Crippen LogP contribution in [0.5, 0.6) is 0 Å². The van der Waals surface area contributed by atoms with Crippen molar-refractivity contribution in [3.05, 3.63) is 52.8 Å². The first-order valence-electron chi connectivity index (χ1n) is 12.0. The molecule has 0 aliphatic carbocycles. The Morgan fingerprint density at radius 1 is 1.25 bits per heavy atom. The summed E-state index contributed by atoms with van der Waals surface area (Å²) in [6.45, 7) is 3.49. The van der Waals surface area contributed by atoms with Crippen molar-refractivity contribution in [1.29, 1.82) is 0 Å². The maximum Gasteiger partial charge on any atom is 0.298 e. The Hall–Kier alpha value is -3.77. The Morgan fingerprint density at radius 3 is 2.64 bits per heavy atom. The highest BCUT2D eigenvalue weighted by Gasteiger charge is 2.28. The summed E-state index contributed by atoms with van der Waals surface area (Å²) in [4.78, 5) is 26.5. The fourth-order valence-corrected chi connectivity index (χ4v) is 4.91. The van der Waals surface area contributed by atoms with Crippen LogP contribution < -0.4 is 11.1 Å². The van der Waals surface area contributed by atoms with Crippen LogP contribution in [0.1, 0.15) is 54.6 Å². The summed E-state index contributed by atoms with van der Waals surface area (Å²) >= 11 is 6.11. The normalized spacial score (nSPS) is 14.5. The SMILES string of the molecule is CC#CC(=O)N1CCCC(n2nc(-c3cnn(Cc4cccc(Cl)c4)c3)c(C(N)=O)c2NC)CCC1. The number of amides is 2. The van der Waals surface area contributed by atoms with Crippen molar-refractivity contribution < 1.29 is 9.59 Å². The molecule has 1 aliphatic rings. The Bertz CT molecular complexity index is 1310. The van der Waals surface area contributed by atoms with Gasteiger partial charge in [0.05, 0.1) is 18.8 Å². The van der Waals surface area contributed by atoms with Crippen LogP contribution in [0, 0.1) is 11.8 Å². The van der Waals surface area contributed by atoms with E-state index in [2.05, 4.69) is 22.3 Å². The second kappa shape index (κ2) is 11.3. The quantitative estimate of drug-likeness (QED) is 0.495. The highest BCUT2D eigenvalue weighted by atomic mass is 35.5. The van der Waals surface area contributed by atoms with E-state index in [1.807, 2.05) is 40.0 Å². The summed E-state index contributed by atoms with van der Waals surface area (Å²) in [7, 11) is 1.76. The molecule has 2 amide bonds. The summed E-state index contributed by atoms with van der Waals surface area (Å²) in [5.41, 5.74) is 8.39. The first-order valence-corrected chi connectivity index (χ1v) is 12.4. The molecule has 3 N–H and O–H groups in total. The fourth-order valence-electron chi connectivity index (χ4n) is 4.69. The van der Waals surface area contributed by atoms with Gasteiger partial charge in [0.25, 0.3) is 11.8 Å². The van der Waals surface area contributed by atoms with Crippen molar-refractivity contribution >= 4 is 29.2 Å². The smallest absolute Gasteiger partial charge is 0.298 e. The van der Waals surface area contributed by atoms with Crippen LogP contribution in [0.15, 0.2) is 36.7 Å². The zero-order valence-electron chi connectivity index (χ0n) is 20.5. The second-order valence-electron chi connectivity index (χ2n) is 8.79. The highest BCUT2D eigenvalue weighted by Crippen LogP contribution is 2.34. The van der Waals surface area contributed by atoms with Gasteiger partial charge in [-0.15, -0.1) is 0 Å². The third-order valence-corrected chi connectivity index (χ3v) is 6.56. The number of hydrogen-bond donors (Lipinski definition) is 2. The number of primary amides is 1. The molecular weight excluding hydrogens is 478 g/mol. The maximum atomic E-state index is 12.5. The number of nitrogens with zero attached hydrogens (tertiary/aromatic N) is 5. The summed E-state index contributed by atoms with van der Waals surface area (Å²) < 4.78 is 3.66. The number of nitrogens with two attached hydrogens (primary N) is 1. The topological polar surface area (TPSA) is 111 Å². The van der Waals surface area contributed by atoms with E-state index in [1.165, 1.54) is 0 Å². The molecule has 1 fully saturated rings. The number of anilines is 1. The van der Waals surface area contributed by atoms with Crippen LogP contribution in [0.4, 0.5) is 5.82 Å². The van der Waals surface area contributed by atoms with Crippen LogP contribution in [-0.4, -0.2) is 56.4 Å². The molecule has 1 saturated heterocycles. The van der Waals surface area contributed by atoms with Crippen LogP contribution in [-0.2, 0) is 11.3 Å². The van der Waals surface area contributed by atoms with Gasteiger partial charge in [-0.1, -0.05) is 29.7 Å².